The highest BCUT2D eigenvalue weighted by Gasteiger charge is 2.12. The minimum Gasteiger partial charge on any atom is -0.314 e. The Kier molecular flexibility index (Phi) is 3.09. The molecule has 3 rings (SSSR count). The summed E-state index contributed by atoms with van der Waals surface area (Å²) >= 11 is 1.70. The van der Waals surface area contributed by atoms with Crippen LogP contribution in [0.1, 0.15) is 4.88 Å². The monoisotopic (exact) mass is 250 g/mol. The van der Waals surface area contributed by atoms with Crippen LogP contribution in [0.5, 0.6) is 0 Å². The van der Waals surface area contributed by atoms with E-state index in [1.54, 1.807) is 17.4 Å². The zero-order chi connectivity index (χ0) is 11.7. The molecule has 1 aliphatic heterocycles. The minimum absolute atomic E-state index is 0.106. The molecule has 17 heavy (non-hydrogen) atoms. The Morgan fingerprint density at radius 2 is 2.12 bits per heavy atom. The van der Waals surface area contributed by atoms with E-state index in [1.165, 1.54) is 10.9 Å². The molecule has 1 aromatic heterocycles. The van der Waals surface area contributed by atoms with Crippen LogP contribution in [0.3, 0.4) is 0 Å². The topological polar surface area (TPSA) is 15.3 Å². The molecule has 4 heteroatoms. The first kappa shape index (κ1) is 11.1. The molecule has 0 spiro atoms. The Morgan fingerprint density at radius 1 is 1.29 bits per heavy atom. The van der Waals surface area contributed by atoms with Gasteiger partial charge in [0.1, 0.15) is 5.82 Å². The van der Waals surface area contributed by atoms with Gasteiger partial charge in [0.05, 0.1) is 0 Å². The molecular weight excluding hydrogens is 235 g/mol. The lowest BCUT2D eigenvalue weighted by Gasteiger charge is -2.26. The molecule has 1 aromatic carbocycles. The lowest BCUT2D eigenvalue weighted by Crippen LogP contribution is -2.42. The lowest BCUT2D eigenvalue weighted by molar-refractivity contribution is 0.235. The van der Waals surface area contributed by atoms with Crippen LogP contribution in [-0.4, -0.2) is 31.1 Å². The Labute approximate surface area is 104 Å². The van der Waals surface area contributed by atoms with Crippen molar-refractivity contribution in [1.29, 1.82) is 0 Å². The van der Waals surface area contributed by atoms with Crippen LogP contribution >= 0.6 is 11.3 Å². The molecular formula is C13H15FN2S. The van der Waals surface area contributed by atoms with Crippen molar-refractivity contribution in [2.45, 2.75) is 6.54 Å². The maximum Gasteiger partial charge on any atom is 0.131 e. The molecule has 0 amide bonds. The summed E-state index contributed by atoms with van der Waals surface area (Å²) in [5, 5.41) is 4.10. The second-order valence-electron chi connectivity index (χ2n) is 4.39. The standard InChI is InChI=1S/C13H15FN2S/c14-12-2-1-3-13-11(12)8-10(17-13)9-16-6-4-15-5-7-16/h1-3,8,15H,4-7,9H2. The summed E-state index contributed by atoms with van der Waals surface area (Å²) in [6.45, 7) is 5.21. The number of rotatable bonds is 2. The summed E-state index contributed by atoms with van der Waals surface area (Å²) in [5.74, 6) is -0.106. The maximum atomic E-state index is 13.6. The number of hydrogen-bond acceptors (Lipinski definition) is 3. The van der Waals surface area contributed by atoms with Gasteiger partial charge in [0, 0.05) is 47.7 Å². The number of thiophene rings is 1. The van der Waals surface area contributed by atoms with Crippen molar-refractivity contribution < 1.29 is 4.39 Å². The Bertz CT molecular complexity index is 517. The number of hydrogen-bond donors (Lipinski definition) is 1. The van der Waals surface area contributed by atoms with Crippen LogP contribution in [0.2, 0.25) is 0 Å². The summed E-state index contributed by atoms with van der Waals surface area (Å²) in [5.41, 5.74) is 0. The number of benzene rings is 1. The number of fused-ring (bicyclic) bond motifs is 1. The summed E-state index contributed by atoms with van der Waals surface area (Å²) in [4.78, 5) is 3.67. The predicted molar refractivity (Wildman–Crippen MR) is 69.9 cm³/mol. The fourth-order valence-corrected chi connectivity index (χ4v) is 3.36. The third kappa shape index (κ3) is 2.34. The normalized spacial score (nSPS) is 17.7. The Balaban J connectivity index is 1.83. The summed E-state index contributed by atoms with van der Waals surface area (Å²) in [7, 11) is 0. The molecule has 2 heterocycles. The molecule has 2 nitrogen and oxygen atoms in total. The molecule has 0 unspecified atom stereocenters. The minimum atomic E-state index is -0.106. The molecule has 0 radical (unpaired) electrons. The van der Waals surface area contributed by atoms with Crippen molar-refractivity contribution in [3.63, 3.8) is 0 Å². The van der Waals surface area contributed by atoms with Gasteiger partial charge in [-0.15, -0.1) is 11.3 Å². The van der Waals surface area contributed by atoms with Gasteiger partial charge in [-0.3, -0.25) is 4.90 Å². The number of nitrogens with zero attached hydrogens (tertiary/aromatic N) is 1. The second kappa shape index (κ2) is 4.72. The van der Waals surface area contributed by atoms with Crippen molar-refractivity contribution in [1.82, 2.24) is 10.2 Å². The highest BCUT2D eigenvalue weighted by Crippen LogP contribution is 2.28. The van der Waals surface area contributed by atoms with Gasteiger partial charge in [-0.05, 0) is 18.2 Å². The Morgan fingerprint density at radius 3 is 2.88 bits per heavy atom. The second-order valence-corrected chi connectivity index (χ2v) is 5.56. The molecule has 0 saturated carbocycles. The van der Waals surface area contributed by atoms with Crippen molar-refractivity contribution in [2.75, 3.05) is 26.2 Å². The van der Waals surface area contributed by atoms with Crippen molar-refractivity contribution in [3.05, 3.63) is 35.0 Å². The van der Waals surface area contributed by atoms with Gasteiger partial charge < -0.3 is 5.32 Å². The van der Waals surface area contributed by atoms with E-state index >= 15 is 0 Å². The Hall–Kier alpha value is -0.970. The van der Waals surface area contributed by atoms with Crippen molar-refractivity contribution in [3.8, 4) is 0 Å². The van der Waals surface area contributed by atoms with E-state index in [1.807, 2.05) is 12.1 Å². The van der Waals surface area contributed by atoms with Crippen molar-refractivity contribution >= 4 is 21.4 Å². The van der Waals surface area contributed by atoms with E-state index in [0.29, 0.717) is 0 Å². The third-order valence-electron chi connectivity index (χ3n) is 3.15. The first-order valence-corrected chi connectivity index (χ1v) is 6.74. The van der Waals surface area contributed by atoms with Crippen LogP contribution in [0.15, 0.2) is 24.3 Å². The van der Waals surface area contributed by atoms with Crippen LogP contribution in [-0.2, 0) is 6.54 Å². The van der Waals surface area contributed by atoms with Gasteiger partial charge in [0.2, 0.25) is 0 Å². The quantitative estimate of drug-likeness (QED) is 0.880. The van der Waals surface area contributed by atoms with Crippen LogP contribution in [0.25, 0.3) is 10.1 Å². The molecule has 1 saturated heterocycles. The fraction of sp³-hybridized carbons (Fsp3) is 0.385. The van der Waals surface area contributed by atoms with Crippen LogP contribution < -0.4 is 5.32 Å². The van der Waals surface area contributed by atoms with E-state index in [9.17, 15) is 4.39 Å². The highest BCUT2D eigenvalue weighted by atomic mass is 32.1. The average Bonchev–Trinajstić information content (AvgIpc) is 2.74. The zero-order valence-corrected chi connectivity index (χ0v) is 10.4. The van der Waals surface area contributed by atoms with E-state index in [0.717, 1.165) is 42.8 Å². The van der Waals surface area contributed by atoms with Gasteiger partial charge in [-0.2, -0.15) is 0 Å². The molecule has 2 aromatic rings. The predicted octanol–water partition coefficient (Wildman–Crippen LogP) is 2.45. The lowest BCUT2D eigenvalue weighted by atomic mass is 10.2. The van der Waals surface area contributed by atoms with Crippen molar-refractivity contribution in [2.24, 2.45) is 0 Å². The number of piperazine rings is 1. The highest BCUT2D eigenvalue weighted by molar-refractivity contribution is 7.19. The maximum absolute atomic E-state index is 13.6. The smallest absolute Gasteiger partial charge is 0.131 e. The molecule has 0 bridgehead atoms. The number of nitrogens with one attached hydrogen (secondary N) is 1. The SMILES string of the molecule is Fc1cccc2sc(CN3CCNCC3)cc12. The van der Waals surface area contributed by atoms with Gasteiger partial charge >= 0.3 is 0 Å². The van der Waals surface area contributed by atoms with E-state index < -0.39 is 0 Å². The fourth-order valence-electron chi connectivity index (χ4n) is 2.25. The molecule has 1 aliphatic rings. The van der Waals surface area contributed by atoms with Gasteiger partial charge in [-0.1, -0.05) is 6.07 Å². The van der Waals surface area contributed by atoms with Crippen LogP contribution in [0.4, 0.5) is 4.39 Å². The third-order valence-corrected chi connectivity index (χ3v) is 4.23. The molecule has 1 N–H and O–H groups in total. The summed E-state index contributed by atoms with van der Waals surface area (Å²) in [6, 6.07) is 7.30. The largest absolute Gasteiger partial charge is 0.314 e. The number of halogens is 1. The van der Waals surface area contributed by atoms with Crippen LogP contribution in [0, 0.1) is 5.82 Å². The first-order chi connectivity index (χ1) is 8.33. The first-order valence-electron chi connectivity index (χ1n) is 5.93. The zero-order valence-electron chi connectivity index (χ0n) is 9.58. The van der Waals surface area contributed by atoms with Gasteiger partial charge in [0.25, 0.3) is 0 Å². The van der Waals surface area contributed by atoms with Gasteiger partial charge in [-0.25, -0.2) is 4.39 Å². The molecule has 0 aliphatic carbocycles. The van der Waals surface area contributed by atoms with E-state index in [2.05, 4.69) is 10.2 Å². The van der Waals surface area contributed by atoms with Gasteiger partial charge in [0.15, 0.2) is 0 Å². The molecule has 90 valence electrons. The molecule has 1 fully saturated rings. The van der Waals surface area contributed by atoms with E-state index in [4.69, 9.17) is 0 Å². The molecule has 0 atom stereocenters. The average molecular weight is 250 g/mol. The summed E-state index contributed by atoms with van der Waals surface area (Å²) in [6.07, 6.45) is 0. The summed E-state index contributed by atoms with van der Waals surface area (Å²) < 4.78 is 14.6. The van der Waals surface area contributed by atoms with E-state index in [-0.39, 0.29) is 5.82 Å².